The van der Waals surface area contributed by atoms with E-state index in [1.807, 2.05) is 4.90 Å². The zero-order valence-corrected chi connectivity index (χ0v) is 16.4. The fourth-order valence-electron chi connectivity index (χ4n) is 3.67. The molecule has 1 saturated carbocycles. The van der Waals surface area contributed by atoms with Crippen molar-refractivity contribution in [2.75, 3.05) is 19.6 Å². The van der Waals surface area contributed by atoms with Gasteiger partial charge in [-0.1, -0.05) is 25.4 Å². The van der Waals surface area contributed by atoms with Gasteiger partial charge in [0.25, 0.3) is 5.91 Å². The SMILES string of the molecule is CC(C)[C@H]1CN(C(=O)c2cn3cc(Cl)cnc3n2)CCC(=O)N1CC1CC1. The summed E-state index contributed by atoms with van der Waals surface area (Å²) in [6.07, 6.45) is 7.60. The summed E-state index contributed by atoms with van der Waals surface area (Å²) in [7, 11) is 0. The van der Waals surface area contributed by atoms with Gasteiger partial charge < -0.3 is 9.80 Å². The third-order valence-corrected chi connectivity index (χ3v) is 5.63. The van der Waals surface area contributed by atoms with Crippen molar-refractivity contribution in [3.8, 4) is 0 Å². The van der Waals surface area contributed by atoms with E-state index in [0.29, 0.717) is 41.9 Å². The number of amides is 2. The summed E-state index contributed by atoms with van der Waals surface area (Å²) >= 11 is 5.96. The van der Waals surface area contributed by atoms with Crippen molar-refractivity contribution >= 4 is 29.2 Å². The number of hydrogen-bond donors (Lipinski definition) is 0. The van der Waals surface area contributed by atoms with Gasteiger partial charge in [-0.25, -0.2) is 9.97 Å². The molecule has 2 amide bonds. The van der Waals surface area contributed by atoms with Crippen LogP contribution >= 0.6 is 11.6 Å². The van der Waals surface area contributed by atoms with Crippen molar-refractivity contribution in [1.82, 2.24) is 24.2 Å². The van der Waals surface area contributed by atoms with Gasteiger partial charge in [0.15, 0.2) is 0 Å². The predicted octanol–water partition coefficient (Wildman–Crippen LogP) is 2.49. The summed E-state index contributed by atoms with van der Waals surface area (Å²) in [6.45, 7) is 6.01. The maximum atomic E-state index is 13.1. The highest BCUT2D eigenvalue weighted by Gasteiger charge is 2.37. The maximum absolute atomic E-state index is 13.1. The van der Waals surface area contributed by atoms with E-state index in [0.717, 1.165) is 6.54 Å². The lowest BCUT2D eigenvalue weighted by Crippen LogP contribution is -2.48. The van der Waals surface area contributed by atoms with Crippen molar-refractivity contribution in [3.63, 3.8) is 0 Å². The fourth-order valence-corrected chi connectivity index (χ4v) is 3.82. The highest BCUT2D eigenvalue weighted by atomic mass is 35.5. The molecule has 7 nitrogen and oxygen atoms in total. The van der Waals surface area contributed by atoms with Crippen molar-refractivity contribution in [3.05, 3.63) is 29.3 Å². The van der Waals surface area contributed by atoms with E-state index >= 15 is 0 Å². The number of rotatable bonds is 4. The predicted molar refractivity (Wildman–Crippen MR) is 102 cm³/mol. The summed E-state index contributed by atoms with van der Waals surface area (Å²) in [5.41, 5.74) is 0.329. The van der Waals surface area contributed by atoms with Gasteiger partial charge in [0.05, 0.1) is 17.3 Å². The van der Waals surface area contributed by atoms with E-state index in [1.165, 1.54) is 19.0 Å². The summed E-state index contributed by atoms with van der Waals surface area (Å²) in [6, 6.07) is 0.0363. The largest absolute Gasteiger partial charge is 0.337 e. The quantitative estimate of drug-likeness (QED) is 0.805. The number of imidazole rings is 1. The number of nitrogens with zero attached hydrogens (tertiary/aromatic N) is 5. The number of carbonyl (C=O) groups excluding carboxylic acids is 2. The van der Waals surface area contributed by atoms with Crippen molar-refractivity contribution < 1.29 is 9.59 Å². The monoisotopic (exact) mass is 389 g/mol. The maximum Gasteiger partial charge on any atom is 0.274 e. The van der Waals surface area contributed by atoms with Gasteiger partial charge in [-0.2, -0.15) is 0 Å². The topological polar surface area (TPSA) is 70.8 Å². The standard InChI is InChI=1S/C19H24ClN5O2/c1-12(2)16-11-23(6-5-17(26)25(16)8-13-3-4-13)18(27)15-10-24-9-14(20)7-21-19(24)22-15/h7,9-10,12-13,16H,3-6,8,11H2,1-2H3/t16-/m1/s1. The Morgan fingerprint density at radius 2 is 2.11 bits per heavy atom. The van der Waals surface area contributed by atoms with Crippen LogP contribution in [0.15, 0.2) is 18.6 Å². The first-order valence-corrected chi connectivity index (χ1v) is 9.89. The smallest absolute Gasteiger partial charge is 0.274 e. The average molecular weight is 390 g/mol. The van der Waals surface area contributed by atoms with E-state index in [2.05, 4.69) is 23.8 Å². The van der Waals surface area contributed by atoms with Crippen LogP contribution in [-0.2, 0) is 4.79 Å². The molecule has 1 saturated heterocycles. The Morgan fingerprint density at radius 3 is 2.81 bits per heavy atom. The van der Waals surface area contributed by atoms with Crippen LogP contribution in [0.4, 0.5) is 0 Å². The summed E-state index contributed by atoms with van der Waals surface area (Å²) in [5, 5.41) is 0.481. The van der Waals surface area contributed by atoms with Crippen LogP contribution in [0.2, 0.25) is 5.02 Å². The van der Waals surface area contributed by atoms with Gasteiger partial charge in [0.2, 0.25) is 11.7 Å². The van der Waals surface area contributed by atoms with Gasteiger partial charge in [0, 0.05) is 38.4 Å². The molecule has 0 N–H and O–H groups in total. The highest BCUT2D eigenvalue weighted by molar-refractivity contribution is 6.30. The summed E-state index contributed by atoms with van der Waals surface area (Å²) in [5.74, 6) is 1.33. The summed E-state index contributed by atoms with van der Waals surface area (Å²) < 4.78 is 1.65. The molecular weight excluding hydrogens is 366 g/mol. The Hall–Kier alpha value is -2.15. The Kier molecular flexibility index (Phi) is 4.80. The Balaban J connectivity index is 1.57. The minimum Gasteiger partial charge on any atom is -0.337 e. The first-order chi connectivity index (χ1) is 12.9. The molecule has 1 aliphatic heterocycles. The Morgan fingerprint density at radius 1 is 1.33 bits per heavy atom. The number of fused-ring (bicyclic) bond motifs is 1. The molecule has 0 unspecified atom stereocenters. The van der Waals surface area contributed by atoms with Gasteiger partial charge in [-0.3, -0.25) is 14.0 Å². The number of carbonyl (C=O) groups is 2. The molecule has 4 rings (SSSR count). The molecule has 1 atom stereocenters. The normalized spacial score (nSPS) is 21.2. The second-order valence-corrected chi connectivity index (χ2v) is 8.34. The van der Waals surface area contributed by atoms with Crippen LogP contribution in [0.5, 0.6) is 0 Å². The second-order valence-electron chi connectivity index (χ2n) is 7.91. The molecule has 1 aliphatic carbocycles. The minimum atomic E-state index is -0.164. The molecule has 3 heterocycles. The van der Waals surface area contributed by atoms with E-state index in [-0.39, 0.29) is 23.8 Å². The molecule has 2 aliphatic rings. The van der Waals surface area contributed by atoms with Gasteiger partial charge in [-0.05, 0) is 24.7 Å². The van der Waals surface area contributed by atoms with E-state index in [9.17, 15) is 9.59 Å². The molecule has 2 fully saturated rings. The Labute approximate surface area is 163 Å². The third-order valence-electron chi connectivity index (χ3n) is 5.43. The molecule has 0 spiro atoms. The van der Waals surface area contributed by atoms with Crippen LogP contribution in [0, 0.1) is 11.8 Å². The van der Waals surface area contributed by atoms with Crippen molar-refractivity contribution in [1.29, 1.82) is 0 Å². The third kappa shape index (κ3) is 3.78. The number of hydrogen-bond acceptors (Lipinski definition) is 4. The first kappa shape index (κ1) is 18.2. The van der Waals surface area contributed by atoms with Gasteiger partial charge >= 0.3 is 0 Å². The van der Waals surface area contributed by atoms with Crippen LogP contribution in [0.1, 0.15) is 43.6 Å². The van der Waals surface area contributed by atoms with Crippen LogP contribution in [0.3, 0.4) is 0 Å². The zero-order chi connectivity index (χ0) is 19.1. The van der Waals surface area contributed by atoms with Crippen LogP contribution in [-0.4, -0.2) is 61.7 Å². The van der Waals surface area contributed by atoms with Gasteiger partial charge in [-0.15, -0.1) is 0 Å². The van der Waals surface area contributed by atoms with Crippen molar-refractivity contribution in [2.45, 2.75) is 39.2 Å². The van der Waals surface area contributed by atoms with E-state index in [4.69, 9.17) is 11.6 Å². The minimum absolute atomic E-state index is 0.0363. The molecule has 2 aromatic heterocycles. The highest BCUT2D eigenvalue weighted by Crippen LogP contribution is 2.32. The van der Waals surface area contributed by atoms with E-state index < -0.39 is 0 Å². The van der Waals surface area contributed by atoms with Gasteiger partial charge in [0.1, 0.15) is 5.69 Å². The van der Waals surface area contributed by atoms with Crippen LogP contribution < -0.4 is 0 Å². The first-order valence-electron chi connectivity index (χ1n) is 9.51. The Bertz CT molecular complexity index is 876. The lowest BCUT2D eigenvalue weighted by atomic mass is 10.0. The second kappa shape index (κ2) is 7.11. The molecule has 0 aromatic carbocycles. The molecule has 0 bridgehead atoms. The molecule has 144 valence electrons. The van der Waals surface area contributed by atoms with Crippen LogP contribution in [0.25, 0.3) is 5.78 Å². The molecular formula is C19H24ClN5O2. The number of aromatic nitrogens is 3. The molecule has 2 aromatic rings. The lowest BCUT2D eigenvalue weighted by Gasteiger charge is -2.34. The lowest BCUT2D eigenvalue weighted by molar-refractivity contribution is -0.133. The zero-order valence-electron chi connectivity index (χ0n) is 15.6. The molecule has 8 heteroatoms. The number of halogens is 1. The molecule has 27 heavy (non-hydrogen) atoms. The summed E-state index contributed by atoms with van der Waals surface area (Å²) in [4.78, 5) is 38.0. The fraction of sp³-hybridized carbons (Fsp3) is 0.579. The average Bonchev–Trinajstić information content (AvgIpc) is 3.38. The van der Waals surface area contributed by atoms with E-state index in [1.54, 1.807) is 21.7 Å². The molecule has 0 radical (unpaired) electrons. The van der Waals surface area contributed by atoms with Crippen molar-refractivity contribution in [2.24, 2.45) is 11.8 Å².